The Kier molecular flexibility index (Phi) is 6.66. The molecule has 0 fully saturated rings. The SMILES string of the molecule is CCCCCC(C)(C)CCc1[nH]c(=S)[nH]c(=O)c1CC. The minimum Gasteiger partial charge on any atom is -0.336 e. The minimum atomic E-state index is -0.0324. The van der Waals surface area contributed by atoms with E-state index < -0.39 is 0 Å². The Morgan fingerprint density at radius 3 is 2.40 bits per heavy atom. The molecule has 0 bridgehead atoms. The Hall–Kier alpha value is -0.900. The van der Waals surface area contributed by atoms with E-state index in [1.807, 2.05) is 6.92 Å². The highest BCUT2D eigenvalue weighted by Gasteiger charge is 2.18. The third-order valence-electron chi connectivity index (χ3n) is 3.99. The summed E-state index contributed by atoms with van der Waals surface area (Å²) in [6.45, 7) is 8.88. The monoisotopic (exact) mass is 296 g/mol. The molecule has 0 amide bonds. The molecule has 0 aliphatic carbocycles. The van der Waals surface area contributed by atoms with E-state index in [0.29, 0.717) is 10.2 Å². The fourth-order valence-electron chi connectivity index (χ4n) is 2.59. The molecule has 3 nitrogen and oxygen atoms in total. The number of nitrogens with one attached hydrogen (secondary N) is 2. The van der Waals surface area contributed by atoms with E-state index >= 15 is 0 Å². The minimum absolute atomic E-state index is 0.0324. The first-order valence-corrected chi connectivity index (χ1v) is 8.14. The van der Waals surface area contributed by atoms with Crippen molar-refractivity contribution in [2.24, 2.45) is 5.41 Å². The lowest BCUT2D eigenvalue weighted by atomic mass is 9.82. The predicted molar refractivity (Wildman–Crippen MR) is 87.9 cm³/mol. The number of H-pyrrole nitrogens is 2. The topological polar surface area (TPSA) is 48.6 Å². The Balaban J connectivity index is 2.74. The van der Waals surface area contributed by atoms with Gasteiger partial charge < -0.3 is 4.98 Å². The maximum absolute atomic E-state index is 11.9. The molecule has 0 radical (unpaired) electrons. The lowest BCUT2D eigenvalue weighted by molar-refractivity contribution is 0.294. The van der Waals surface area contributed by atoms with Crippen molar-refractivity contribution in [1.82, 2.24) is 9.97 Å². The van der Waals surface area contributed by atoms with Gasteiger partial charge in [-0.25, -0.2) is 0 Å². The number of aryl methyl sites for hydroxylation is 1. The first-order chi connectivity index (χ1) is 9.39. The Morgan fingerprint density at radius 1 is 1.10 bits per heavy atom. The van der Waals surface area contributed by atoms with E-state index in [1.54, 1.807) is 0 Å². The van der Waals surface area contributed by atoms with Crippen molar-refractivity contribution in [3.63, 3.8) is 0 Å². The third kappa shape index (κ3) is 5.23. The van der Waals surface area contributed by atoms with Crippen molar-refractivity contribution in [3.05, 3.63) is 26.4 Å². The molecular weight excluding hydrogens is 268 g/mol. The van der Waals surface area contributed by atoms with Gasteiger partial charge in [0.15, 0.2) is 4.77 Å². The first kappa shape index (κ1) is 17.2. The second kappa shape index (κ2) is 7.77. The molecule has 1 aromatic rings. The van der Waals surface area contributed by atoms with Gasteiger partial charge in [-0.1, -0.05) is 47.0 Å². The second-order valence-electron chi connectivity index (χ2n) is 6.34. The Morgan fingerprint density at radius 2 is 1.80 bits per heavy atom. The van der Waals surface area contributed by atoms with Crippen molar-refractivity contribution >= 4 is 12.2 Å². The van der Waals surface area contributed by atoms with Crippen molar-refractivity contribution in [3.8, 4) is 0 Å². The standard InChI is InChI=1S/C16H28N2OS/c1-5-7-8-10-16(3,4)11-9-13-12(6-2)14(19)18-15(20)17-13/h5-11H2,1-4H3,(H2,17,18,19,20). The highest BCUT2D eigenvalue weighted by Crippen LogP contribution is 2.29. The van der Waals surface area contributed by atoms with E-state index in [1.165, 1.54) is 25.7 Å². The quantitative estimate of drug-likeness (QED) is 0.547. The summed E-state index contributed by atoms with van der Waals surface area (Å²) in [6, 6.07) is 0. The number of hydrogen-bond acceptors (Lipinski definition) is 2. The number of hydrogen-bond donors (Lipinski definition) is 2. The van der Waals surface area contributed by atoms with Crippen LogP contribution in [0.1, 0.15) is 71.1 Å². The molecule has 0 unspecified atom stereocenters. The molecule has 1 rings (SSSR count). The summed E-state index contributed by atoms with van der Waals surface area (Å²) >= 11 is 5.08. The number of aromatic nitrogens is 2. The molecule has 0 aliphatic heterocycles. The molecule has 2 N–H and O–H groups in total. The lowest BCUT2D eigenvalue weighted by Crippen LogP contribution is -2.19. The summed E-state index contributed by atoms with van der Waals surface area (Å²) in [5.41, 5.74) is 2.15. The molecule has 0 spiro atoms. The zero-order valence-electron chi connectivity index (χ0n) is 13.3. The maximum Gasteiger partial charge on any atom is 0.255 e. The zero-order chi connectivity index (χ0) is 15.2. The van der Waals surface area contributed by atoms with Crippen LogP contribution in [0.3, 0.4) is 0 Å². The van der Waals surface area contributed by atoms with Crippen LogP contribution in [0.4, 0.5) is 0 Å². The molecule has 4 heteroatoms. The van der Waals surface area contributed by atoms with Crippen LogP contribution in [-0.2, 0) is 12.8 Å². The normalized spacial score (nSPS) is 11.8. The van der Waals surface area contributed by atoms with E-state index in [0.717, 1.165) is 30.5 Å². The van der Waals surface area contributed by atoms with Crippen LogP contribution in [0.5, 0.6) is 0 Å². The van der Waals surface area contributed by atoms with Crippen molar-refractivity contribution in [2.75, 3.05) is 0 Å². The van der Waals surface area contributed by atoms with Gasteiger partial charge in [0, 0.05) is 11.3 Å². The fraction of sp³-hybridized carbons (Fsp3) is 0.750. The highest BCUT2D eigenvalue weighted by molar-refractivity contribution is 7.71. The van der Waals surface area contributed by atoms with Crippen LogP contribution in [0.2, 0.25) is 0 Å². The van der Waals surface area contributed by atoms with Gasteiger partial charge in [0.25, 0.3) is 5.56 Å². The van der Waals surface area contributed by atoms with Crippen LogP contribution >= 0.6 is 12.2 Å². The number of aromatic amines is 2. The lowest BCUT2D eigenvalue weighted by Gasteiger charge is -2.25. The van der Waals surface area contributed by atoms with Crippen LogP contribution in [-0.4, -0.2) is 9.97 Å². The molecule has 0 aliphatic rings. The van der Waals surface area contributed by atoms with Crippen LogP contribution in [0.15, 0.2) is 4.79 Å². The van der Waals surface area contributed by atoms with Crippen molar-refractivity contribution < 1.29 is 0 Å². The van der Waals surface area contributed by atoms with Crippen LogP contribution in [0, 0.1) is 10.2 Å². The molecule has 1 heterocycles. The van der Waals surface area contributed by atoms with Crippen LogP contribution < -0.4 is 5.56 Å². The predicted octanol–water partition coefficient (Wildman–Crippen LogP) is 4.53. The molecule has 0 saturated heterocycles. The largest absolute Gasteiger partial charge is 0.336 e. The molecule has 1 aromatic heterocycles. The Labute approximate surface area is 127 Å². The first-order valence-electron chi connectivity index (χ1n) is 7.74. The maximum atomic E-state index is 11.9. The summed E-state index contributed by atoms with van der Waals surface area (Å²) in [4.78, 5) is 17.7. The number of rotatable bonds is 8. The molecule has 114 valence electrons. The van der Waals surface area contributed by atoms with Gasteiger partial charge in [0.05, 0.1) is 0 Å². The van der Waals surface area contributed by atoms with Gasteiger partial charge in [-0.05, 0) is 43.3 Å². The van der Waals surface area contributed by atoms with E-state index in [9.17, 15) is 4.79 Å². The van der Waals surface area contributed by atoms with Gasteiger partial charge in [-0.3, -0.25) is 9.78 Å². The smallest absolute Gasteiger partial charge is 0.255 e. The van der Waals surface area contributed by atoms with E-state index in [2.05, 4.69) is 30.7 Å². The highest BCUT2D eigenvalue weighted by atomic mass is 32.1. The third-order valence-corrected chi connectivity index (χ3v) is 4.20. The fourth-order valence-corrected chi connectivity index (χ4v) is 2.80. The van der Waals surface area contributed by atoms with Gasteiger partial charge in [0.2, 0.25) is 0 Å². The van der Waals surface area contributed by atoms with Crippen molar-refractivity contribution in [1.29, 1.82) is 0 Å². The molecule has 0 aromatic carbocycles. The van der Waals surface area contributed by atoms with Gasteiger partial charge >= 0.3 is 0 Å². The summed E-state index contributed by atoms with van der Waals surface area (Å²) in [6.07, 6.45) is 7.82. The average molecular weight is 296 g/mol. The van der Waals surface area contributed by atoms with Gasteiger partial charge in [0.1, 0.15) is 0 Å². The zero-order valence-corrected chi connectivity index (χ0v) is 14.1. The van der Waals surface area contributed by atoms with Crippen LogP contribution in [0.25, 0.3) is 0 Å². The molecular formula is C16H28N2OS. The molecule has 0 atom stereocenters. The molecule has 0 saturated carbocycles. The summed E-state index contributed by atoms with van der Waals surface area (Å²) in [5, 5.41) is 0. The average Bonchev–Trinajstić information content (AvgIpc) is 2.36. The van der Waals surface area contributed by atoms with E-state index in [-0.39, 0.29) is 5.56 Å². The number of unbranched alkanes of at least 4 members (excludes halogenated alkanes) is 2. The Bertz CT molecular complexity index is 528. The van der Waals surface area contributed by atoms with E-state index in [4.69, 9.17) is 12.2 Å². The second-order valence-corrected chi connectivity index (χ2v) is 6.75. The summed E-state index contributed by atoms with van der Waals surface area (Å²) in [7, 11) is 0. The molecule has 20 heavy (non-hydrogen) atoms. The summed E-state index contributed by atoms with van der Waals surface area (Å²) in [5.74, 6) is 0. The van der Waals surface area contributed by atoms with Crippen molar-refractivity contribution in [2.45, 2.75) is 72.6 Å². The summed E-state index contributed by atoms with van der Waals surface area (Å²) < 4.78 is 0.436. The van der Waals surface area contributed by atoms with Gasteiger partial charge in [-0.15, -0.1) is 0 Å². The van der Waals surface area contributed by atoms with Gasteiger partial charge in [-0.2, -0.15) is 0 Å².